The lowest BCUT2D eigenvalue weighted by atomic mass is 9.93. The quantitative estimate of drug-likeness (QED) is 0.701. The highest BCUT2D eigenvalue weighted by molar-refractivity contribution is 6.04. The van der Waals surface area contributed by atoms with Crippen LogP contribution in [0.5, 0.6) is 0 Å². The van der Waals surface area contributed by atoms with Crippen molar-refractivity contribution in [2.24, 2.45) is 5.92 Å². The first-order valence-electron chi connectivity index (χ1n) is 9.32. The summed E-state index contributed by atoms with van der Waals surface area (Å²) in [6.45, 7) is 3.02. The van der Waals surface area contributed by atoms with E-state index in [1.807, 2.05) is 36.2 Å². The van der Waals surface area contributed by atoms with Crippen LogP contribution in [0.15, 0.2) is 24.3 Å². The van der Waals surface area contributed by atoms with E-state index in [9.17, 15) is 9.59 Å². The number of para-hydroxylation sites is 1. The second-order valence-corrected chi connectivity index (χ2v) is 6.84. The molecule has 7 heteroatoms. The molecule has 0 radical (unpaired) electrons. The van der Waals surface area contributed by atoms with Crippen LogP contribution in [0.25, 0.3) is 10.9 Å². The number of fused-ring (bicyclic) bond motifs is 1. The van der Waals surface area contributed by atoms with Crippen LogP contribution in [0.4, 0.5) is 0 Å². The fourth-order valence-electron chi connectivity index (χ4n) is 3.48. The van der Waals surface area contributed by atoms with Crippen molar-refractivity contribution in [3.05, 3.63) is 30.0 Å². The molecule has 0 atom stereocenters. The zero-order valence-corrected chi connectivity index (χ0v) is 15.3. The highest BCUT2D eigenvalue weighted by Crippen LogP contribution is 2.20. The molecule has 0 unspecified atom stereocenters. The van der Waals surface area contributed by atoms with Gasteiger partial charge in [-0.2, -0.15) is 5.10 Å². The van der Waals surface area contributed by atoms with Gasteiger partial charge < -0.3 is 15.5 Å². The number of rotatable bonds is 7. The average molecular weight is 357 g/mol. The third-order valence-electron chi connectivity index (χ3n) is 5.08. The largest absolute Gasteiger partial charge is 0.350 e. The molecule has 26 heavy (non-hydrogen) atoms. The summed E-state index contributed by atoms with van der Waals surface area (Å²) in [6, 6.07) is 7.50. The summed E-state index contributed by atoms with van der Waals surface area (Å²) >= 11 is 0. The van der Waals surface area contributed by atoms with E-state index in [-0.39, 0.29) is 11.8 Å². The minimum absolute atomic E-state index is 0.115. The highest BCUT2D eigenvalue weighted by atomic mass is 16.2. The Balaban J connectivity index is 1.42. The molecule has 3 N–H and O–H groups in total. The molecule has 2 aromatic rings. The van der Waals surface area contributed by atoms with E-state index >= 15 is 0 Å². The van der Waals surface area contributed by atoms with Gasteiger partial charge in [0.15, 0.2) is 5.69 Å². The second kappa shape index (κ2) is 8.80. The number of piperidine rings is 1. The number of likely N-dealkylation sites (tertiary alicyclic amines) is 1. The van der Waals surface area contributed by atoms with Crippen LogP contribution in [0.2, 0.25) is 0 Å². The number of H-pyrrole nitrogens is 1. The minimum atomic E-state index is -0.249. The number of aromatic amines is 1. The van der Waals surface area contributed by atoms with Gasteiger partial charge in [-0.1, -0.05) is 18.2 Å². The number of nitrogens with one attached hydrogen (secondary N) is 3. The van der Waals surface area contributed by atoms with E-state index in [1.165, 1.54) is 6.42 Å². The van der Waals surface area contributed by atoms with Crippen molar-refractivity contribution in [1.29, 1.82) is 0 Å². The molecule has 1 fully saturated rings. The maximum absolute atomic E-state index is 12.3. The van der Waals surface area contributed by atoms with Crippen molar-refractivity contribution in [2.75, 3.05) is 33.2 Å². The Labute approximate surface area is 153 Å². The van der Waals surface area contributed by atoms with Crippen molar-refractivity contribution in [1.82, 2.24) is 25.7 Å². The molecular formula is C19H27N5O2. The number of carbonyl (C=O) groups excluding carboxylic acids is 2. The van der Waals surface area contributed by atoms with Gasteiger partial charge in [-0.3, -0.25) is 14.7 Å². The first-order chi connectivity index (χ1) is 12.7. The van der Waals surface area contributed by atoms with E-state index in [0.717, 1.165) is 43.4 Å². The predicted molar refractivity (Wildman–Crippen MR) is 101 cm³/mol. The van der Waals surface area contributed by atoms with Gasteiger partial charge in [-0.15, -0.1) is 0 Å². The summed E-state index contributed by atoms with van der Waals surface area (Å²) in [7, 11) is 1.97. The van der Waals surface area contributed by atoms with Crippen LogP contribution in [0.3, 0.4) is 0 Å². The van der Waals surface area contributed by atoms with E-state index in [0.29, 0.717) is 24.6 Å². The van der Waals surface area contributed by atoms with Gasteiger partial charge in [0.2, 0.25) is 5.91 Å². The van der Waals surface area contributed by atoms with Gasteiger partial charge >= 0.3 is 0 Å². The number of hydrogen-bond donors (Lipinski definition) is 3. The van der Waals surface area contributed by atoms with Crippen molar-refractivity contribution >= 4 is 22.7 Å². The topological polar surface area (TPSA) is 90.1 Å². The normalized spacial score (nSPS) is 15.3. The molecule has 0 spiro atoms. The number of benzene rings is 1. The Morgan fingerprint density at radius 3 is 2.77 bits per heavy atom. The number of carbonyl (C=O) groups is 2. The number of aromatic nitrogens is 2. The molecule has 1 aromatic carbocycles. The Kier molecular flexibility index (Phi) is 6.22. The highest BCUT2D eigenvalue weighted by Gasteiger charge is 2.22. The van der Waals surface area contributed by atoms with Crippen molar-refractivity contribution in [3.8, 4) is 0 Å². The predicted octanol–water partition coefficient (Wildman–Crippen LogP) is 1.53. The van der Waals surface area contributed by atoms with Gasteiger partial charge in [0.1, 0.15) is 0 Å². The molecule has 1 aliphatic heterocycles. The maximum atomic E-state index is 12.3. The van der Waals surface area contributed by atoms with Gasteiger partial charge in [-0.05, 0) is 44.8 Å². The summed E-state index contributed by atoms with van der Waals surface area (Å²) < 4.78 is 0. The molecule has 2 amide bonds. The first-order valence-corrected chi connectivity index (χ1v) is 9.32. The number of hydrogen-bond acceptors (Lipinski definition) is 4. The molecule has 1 aromatic heterocycles. The van der Waals surface area contributed by atoms with Crippen LogP contribution < -0.4 is 10.6 Å². The monoisotopic (exact) mass is 357 g/mol. The average Bonchev–Trinajstić information content (AvgIpc) is 3.11. The van der Waals surface area contributed by atoms with Crippen LogP contribution in [0.1, 0.15) is 36.2 Å². The molecular weight excluding hydrogens is 330 g/mol. The molecule has 1 saturated heterocycles. The molecule has 0 aliphatic carbocycles. The van der Waals surface area contributed by atoms with Gasteiger partial charge in [0.25, 0.3) is 5.91 Å². The summed E-state index contributed by atoms with van der Waals surface area (Å²) in [4.78, 5) is 26.6. The van der Waals surface area contributed by atoms with Crippen molar-refractivity contribution in [2.45, 2.75) is 25.7 Å². The Morgan fingerprint density at radius 1 is 1.23 bits per heavy atom. The second-order valence-electron chi connectivity index (χ2n) is 6.84. The van der Waals surface area contributed by atoms with Crippen LogP contribution in [0, 0.1) is 5.92 Å². The fraction of sp³-hybridized carbons (Fsp3) is 0.526. The lowest BCUT2D eigenvalue weighted by molar-refractivity contribution is -0.132. The molecule has 0 bridgehead atoms. The van der Waals surface area contributed by atoms with Crippen molar-refractivity contribution < 1.29 is 9.59 Å². The summed E-state index contributed by atoms with van der Waals surface area (Å²) in [5, 5.41) is 13.7. The van der Waals surface area contributed by atoms with E-state index in [1.54, 1.807) is 0 Å². The van der Waals surface area contributed by atoms with Gasteiger partial charge in [0.05, 0.1) is 5.52 Å². The van der Waals surface area contributed by atoms with Crippen LogP contribution in [-0.2, 0) is 4.79 Å². The number of nitrogens with zero attached hydrogens (tertiary/aromatic N) is 2. The van der Waals surface area contributed by atoms with Crippen LogP contribution >= 0.6 is 0 Å². The maximum Gasteiger partial charge on any atom is 0.272 e. The van der Waals surface area contributed by atoms with E-state index in [4.69, 9.17) is 0 Å². The number of amides is 2. The third-order valence-corrected chi connectivity index (χ3v) is 5.08. The lowest BCUT2D eigenvalue weighted by Crippen LogP contribution is -2.40. The van der Waals surface area contributed by atoms with E-state index < -0.39 is 0 Å². The van der Waals surface area contributed by atoms with Gasteiger partial charge in [-0.25, -0.2) is 0 Å². The zero-order valence-electron chi connectivity index (χ0n) is 15.3. The molecule has 1 aliphatic rings. The third kappa shape index (κ3) is 4.40. The smallest absolute Gasteiger partial charge is 0.272 e. The Morgan fingerprint density at radius 2 is 2.00 bits per heavy atom. The Hall–Kier alpha value is -2.41. The SMILES string of the molecule is CNCCC1CCN(C(=O)CCNC(=O)c2n[nH]c3ccccc23)CC1. The fourth-order valence-corrected chi connectivity index (χ4v) is 3.48. The Bertz CT molecular complexity index is 749. The molecule has 140 valence electrons. The first kappa shape index (κ1) is 18.4. The molecule has 7 nitrogen and oxygen atoms in total. The van der Waals surface area contributed by atoms with Crippen molar-refractivity contribution in [3.63, 3.8) is 0 Å². The molecule has 0 saturated carbocycles. The van der Waals surface area contributed by atoms with E-state index in [2.05, 4.69) is 20.8 Å². The molecule has 3 rings (SSSR count). The summed E-state index contributed by atoms with van der Waals surface area (Å²) in [6.07, 6.45) is 3.64. The zero-order chi connectivity index (χ0) is 18.4. The lowest BCUT2D eigenvalue weighted by Gasteiger charge is -2.32. The summed E-state index contributed by atoms with van der Waals surface area (Å²) in [5.74, 6) is 0.574. The molecule has 2 heterocycles. The van der Waals surface area contributed by atoms with Crippen LogP contribution in [-0.4, -0.2) is 60.1 Å². The standard InChI is InChI=1S/C19H27N5O2/c1-20-10-6-14-8-12-24(13-9-14)17(25)7-11-21-19(26)18-15-4-2-3-5-16(15)22-23-18/h2-5,14,20H,6-13H2,1H3,(H,21,26)(H,22,23). The minimum Gasteiger partial charge on any atom is -0.350 e. The van der Waals surface area contributed by atoms with Gasteiger partial charge in [0, 0.05) is 31.4 Å². The summed E-state index contributed by atoms with van der Waals surface area (Å²) in [5.41, 5.74) is 1.20.